The minimum Gasteiger partial charge on any atom is -0.357 e. The number of anilines is 1. The summed E-state index contributed by atoms with van der Waals surface area (Å²) in [4.78, 5) is 17.1. The van der Waals surface area contributed by atoms with E-state index in [9.17, 15) is 13.2 Å². The first-order chi connectivity index (χ1) is 13.9. The van der Waals surface area contributed by atoms with Gasteiger partial charge in [0.2, 0.25) is 5.91 Å². The van der Waals surface area contributed by atoms with Crippen molar-refractivity contribution in [2.75, 3.05) is 23.4 Å². The molecule has 1 heterocycles. The molecular formula is C21H33IN4O3S. The number of hydrogen-bond donors (Lipinski definition) is 3. The lowest BCUT2D eigenvalue weighted by atomic mass is 9.88. The Balaban J connectivity index is 0.00000320. The highest BCUT2D eigenvalue weighted by atomic mass is 127. The Morgan fingerprint density at radius 3 is 2.60 bits per heavy atom. The van der Waals surface area contributed by atoms with Gasteiger partial charge >= 0.3 is 0 Å². The molecular weight excluding hydrogens is 515 g/mol. The fraction of sp³-hybridized carbons (Fsp3) is 0.619. The highest BCUT2D eigenvalue weighted by Crippen LogP contribution is 2.25. The van der Waals surface area contributed by atoms with Gasteiger partial charge in [0, 0.05) is 24.2 Å². The van der Waals surface area contributed by atoms with Crippen molar-refractivity contribution in [3.8, 4) is 0 Å². The first-order valence-corrected chi connectivity index (χ1v) is 12.4. The monoisotopic (exact) mass is 548 g/mol. The van der Waals surface area contributed by atoms with Crippen molar-refractivity contribution in [1.82, 2.24) is 10.6 Å². The molecule has 1 aromatic rings. The molecule has 2 fully saturated rings. The van der Waals surface area contributed by atoms with Crippen LogP contribution in [0.25, 0.3) is 0 Å². The van der Waals surface area contributed by atoms with Crippen LogP contribution >= 0.6 is 24.0 Å². The molecule has 1 aromatic carbocycles. The number of rotatable bonds is 6. The Hall–Kier alpha value is -1.36. The van der Waals surface area contributed by atoms with Gasteiger partial charge in [0.05, 0.1) is 18.1 Å². The lowest BCUT2D eigenvalue weighted by molar-refractivity contribution is -0.120. The molecule has 3 rings (SSSR count). The molecule has 0 radical (unpaired) electrons. The highest BCUT2D eigenvalue weighted by Gasteiger charge is 2.28. The Bertz CT molecular complexity index is 838. The molecule has 7 nitrogen and oxygen atoms in total. The number of benzene rings is 1. The van der Waals surface area contributed by atoms with Gasteiger partial charge in [0.25, 0.3) is 0 Å². The smallest absolute Gasteiger partial charge is 0.227 e. The first kappa shape index (κ1) is 24.9. The predicted molar refractivity (Wildman–Crippen MR) is 132 cm³/mol. The molecule has 1 saturated carbocycles. The summed E-state index contributed by atoms with van der Waals surface area (Å²) in [5, 5.41) is 9.44. The number of amides is 1. The molecule has 1 amide bonds. The van der Waals surface area contributed by atoms with Crippen LogP contribution < -0.4 is 16.0 Å². The normalized spacial score (nSPS) is 21.5. The zero-order chi connectivity index (χ0) is 20.7. The van der Waals surface area contributed by atoms with Gasteiger partial charge in [-0.05, 0) is 43.9 Å². The van der Waals surface area contributed by atoms with Crippen LogP contribution in [-0.2, 0) is 21.2 Å². The van der Waals surface area contributed by atoms with Crippen LogP contribution in [0.2, 0.25) is 0 Å². The summed E-state index contributed by atoms with van der Waals surface area (Å²) in [6.45, 7) is 3.12. The highest BCUT2D eigenvalue weighted by molar-refractivity contribution is 14.0. The van der Waals surface area contributed by atoms with E-state index >= 15 is 0 Å². The van der Waals surface area contributed by atoms with Gasteiger partial charge in [0.1, 0.15) is 0 Å². The number of nitrogens with one attached hydrogen (secondary N) is 3. The Kier molecular flexibility index (Phi) is 9.86. The maximum Gasteiger partial charge on any atom is 0.227 e. The molecule has 1 unspecified atom stereocenters. The van der Waals surface area contributed by atoms with Crippen molar-refractivity contribution in [2.45, 2.75) is 58.0 Å². The van der Waals surface area contributed by atoms with Crippen molar-refractivity contribution in [1.29, 1.82) is 0 Å². The van der Waals surface area contributed by atoms with E-state index in [1.165, 1.54) is 6.42 Å². The molecule has 1 aliphatic heterocycles. The van der Waals surface area contributed by atoms with E-state index in [1.807, 2.05) is 31.2 Å². The third kappa shape index (κ3) is 7.72. The van der Waals surface area contributed by atoms with Gasteiger partial charge in [0.15, 0.2) is 15.8 Å². The zero-order valence-electron chi connectivity index (χ0n) is 17.5. The van der Waals surface area contributed by atoms with E-state index in [-0.39, 0.29) is 53.3 Å². The van der Waals surface area contributed by atoms with Gasteiger partial charge in [-0.1, -0.05) is 31.4 Å². The van der Waals surface area contributed by atoms with Crippen molar-refractivity contribution in [3.05, 3.63) is 29.8 Å². The SMILES string of the molecule is CCNC(=NCc1cccc(NC(=O)C2CCCCC2)c1)NC1CCS(=O)(=O)C1.I. The van der Waals surface area contributed by atoms with Crippen LogP contribution in [0.4, 0.5) is 5.69 Å². The van der Waals surface area contributed by atoms with Crippen molar-refractivity contribution >= 4 is 51.4 Å². The van der Waals surface area contributed by atoms with Gasteiger partial charge in [-0.3, -0.25) is 4.79 Å². The minimum absolute atomic E-state index is 0. The molecule has 168 valence electrons. The Morgan fingerprint density at radius 2 is 1.93 bits per heavy atom. The lowest BCUT2D eigenvalue weighted by Crippen LogP contribution is -2.44. The number of halogens is 1. The van der Waals surface area contributed by atoms with Crippen LogP contribution in [0.5, 0.6) is 0 Å². The van der Waals surface area contributed by atoms with E-state index in [1.54, 1.807) is 0 Å². The molecule has 0 bridgehead atoms. The van der Waals surface area contributed by atoms with Crippen LogP contribution in [0.3, 0.4) is 0 Å². The second-order valence-corrected chi connectivity index (χ2v) is 10.2. The molecule has 2 aliphatic rings. The number of nitrogens with zero attached hydrogens (tertiary/aromatic N) is 1. The third-order valence-electron chi connectivity index (χ3n) is 5.51. The number of carbonyl (C=O) groups excluding carboxylic acids is 1. The van der Waals surface area contributed by atoms with E-state index in [2.05, 4.69) is 20.9 Å². The fourth-order valence-corrected chi connectivity index (χ4v) is 5.62. The summed E-state index contributed by atoms with van der Waals surface area (Å²) in [7, 11) is -2.94. The van der Waals surface area contributed by atoms with Crippen LogP contribution in [0.1, 0.15) is 51.0 Å². The van der Waals surface area contributed by atoms with E-state index < -0.39 is 9.84 Å². The van der Waals surface area contributed by atoms with Crippen LogP contribution in [0.15, 0.2) is 29.3 Å². The first-order valence-electron chi connectivity index (χ1n) is 10.6. The second-order valence-electron chi connectivity index (χ2n) is 7.96. The average molecular weight is 548 g/mol. The largest absolute Gasteiger partial charge is 0.357 e. The number of guanidine groups is 1. The number of aliphatic imine (C=N–C) groups is 1. The summed E-state index contributed by atoms with van der Waals surface area (Å²) in [6.07, 6.45) is 6.06. The Morgan fingerprint density at radius 1 is 1.17 bits per heavy atom. The molecule has 30 heavy (non-hydrogen) atoms. The van der Waals surface area contributed by atoms with Crippen LogP contribution in [-0.4, -0.2) is 44.4 Å². The average Bonchev–Trinajstić information content (AvgIpc) is 3.05. The quantitative estimate of drug-likeness (QED) is 0.288. The van der Waals surface area contributed by atoms with Crippen LogP contribution in [0, 0.1) is 5.92 Å². The van der Waals surface area contributed by atoms with E-state index in [0.717, 1.165) is 36.9 Å². The summed E-state index contributed by atoms with van der Waals surface area (Å²) in [6, 6.07) is 7.65. The van der Waals surface area contributed by atoms with E-state index in [0.29, 0.717) is 25.5 Å². The summed E-state index contributed by atoms with van der Waals surface area (Å²) in [5.74, 6) is 1.24. The molecule has 9 heteroatoms. The molecule has 1 saturated heterocycles. The maximum atomic E-state index is 12.5. The number of hydrogen-bond acceptors (Lipinski definition) is 4. The molecule has 1 aliphatic carbocycles. The number of carbonyl (C=O) groups is 1. The topological polar surface area (TPSA) is 99.7 Å². The van der Waals surface area contributed by atoms with Gasteiger partial charge in [-0.25, -0.2) is 13.4 Å². The second kappa shape index (κ2) is 11.9. The van der Waals surface area contributed by atoms with Gasteiger partial charge in [-0.2, -0.15) is 0 Å². The fourth-order valence-electron chi connectivity index (χ4n) is 3.95. The predicted octanol–water partition coefficient (Wildman–Crippen LogP) is 3.07. The number of sulfone groups is 1. The molecule has 0 aromatic heterocycles. The summed E-state index contributed by atoms with van der Waals surface area (Å²) in [5.41, 5.74) is 1.79. The summed E-state index contributed by atoms with van der Waals surface area (Å²) >= 11 is 0. The molecule has 1 atom stereocenters. The minimum atomic E-state index is -2.94. The third-order valence-corrected chi connectivity index (χ3v) is 7.28. The lowest BCUT2D eigenvalue weighted by Gasteiger charge is -2.20. The van der Waals surface area contributed by atoms with E-state index in [4.69, 9.17) is 0 Å². The van der Waals surface area contributed by atoms with Crippen molar-refractivity contribution in [2.24, 2.45) is 10.9 Å². The molecule has 3 N–H and O–H groups in total. The molecule has 0 spiro atoms. The standard InChI is InChI=1S/C21H32N4O3S.HI/c1-2-22-21(25-19-11-12-29(27,28)15-19)23-14-16-7-6-10-18(13-16)24-20(26)17-8-4-3-5-9-17;/h6-7,10,13,17,19H,2-5,8-9,11-12,14-15H2,1H3,(H,24,26)(H2,22,23,25);1H. The van der Waals surface area contributed by atoms with Gasteiger partial charge in [-0.15, -0.1) is 24.0 Å². The maximum absolute atomic E-state index is 12.5. The van der Waals surface area contributed by atoms with Crippen molar-refractivity contribution in [3.63, 3.8) is 0 Å². The van der Waals surface area contributed by atoms with Gasteiger partial charge < -0.3 is 16.0 Å². The van der Waals surface area contributed by atoms with Crippen molar-refractivity contribution < 1.29 is 13.2 Å². The summed E-state index contributed by atoms with van der Waals surface area (Å²) < 4.78 is 23.3. The Labute approximate surface area is 196 Å². The zero-order valence-corrected chi connectivity index (χ0v) is 20.7.